The molecule has 1 aromatic rings. The summed E-state index contributed by atoms with van der Waals surface area (Å²) in [6, 6.07) is 6.90. The highest BCUT2D eigenvalue weighted by Crippen LogP contribution is 2.13. The Morgan fingerprint density at radius 2 is 1.86 bits per heavy atom. The van der Waals surface area contributed by atoms with Crippen LogP contribution in [0.15, 0.2) is 28.7 Å². The predicted octanol–water partition coefficient (Wildman–Crippen LogP) is 1.90. The largest absolute Gasteiger partial charge is 0.481 e. The fourth-order valence-corrected chi connectivity index (χ4v) is 2.17. The van der Waals surface area contributed by atoms with E-state index in [9.17, 15) is 14.4 Å². The lowest BCUT2D eigenvalue weighted by molar-refractivity contribution is -0.142. The molecule has 120 valence electrons. The monoisotopic (exact) mass is 371 g/mol. The van der Waals surface area contributed by atoms with Gasteiger partial charge in [0.25, 0.3) is 0 Å². The first-order valence-electron chi connectivity index (χ1n) is 6.73. The molecule has 7 heteroatoms. The summed E-state index contributed by atoms with van der Waals surface area (Å²) < 4.78 is 5.38. The van der Waals surface area contributed by atoms with Crippen LogP contribution in [0.4, 0.5) is 0 Å². The Bertz CT molecular complexity index is 529. The molecule has 0 bridgehead atoms. The van der Waals surface area contributed by atoms with Gasteiger partial charge in [-0.15, -0.1) is 0 Å². The number of ether oxygens (including phenoxy) is 1. The van der Waals surface area contributed by atoms with Crippen molar-refractivity contribution in [2.75, 3.05) is 7.11 Å². The molecule has 0 aromatic heterocycles. The fraction of sp³-hybridized carbons (Fsp3) is 0.400. The Hall–Kier alpha value is -1.89. The molecule has 1 aromatic carbocycles. The van der Waals surface area contributed by atoms with E-state index in [1.165, 1.54) is 7.11 Å². The van der Waals surface area contributed by atoms with Crippen molar-refractivity contribution in [3.8, 4) is 0 Å². The Morgan fingerprint density at radius 1 is 1.23 bits per heavy atom. The van der Waals surface area contributed by atoms with Crippen molar-refractivity contribution in [3.05, 3.63) is 34.3 Å². The number of carbonyl (C=O) groups is 3. The minimum Gasteiger partial charge on any atom is -0.481 e. The molecule has 0 unspecified atom stereocenters. The number of benzene rings is 1. The fourth-order valence-electron chi connectivity index (χ4n) is 1.91. The number of carboxylic acid groups (broad SMARTS) is 1. The minimum absolute atomic E-state index is 0.0247. The molecule has 0 aliphatic carbocycles. The van der Waals surface area contributed by atoms with Crippen LogP contribution in [0.2, 0.25) is 0 Å². The van der Waals surface area contributed by atoms with E-state index in [1.54, 1.807) is 0 Å². The second kappa shape index (κ2) is 9.19. The zero-order valence-corrected chi connectivity index (χ0v) is 13.8. The van der Waals surface area contributed by atoms with Gasteiger partial charge in [-0.25, -0.2) is 0 Å². The number of amides is 1. The van der Waals surface area contributed by atoms with Crippen molar-refractivity contribution in [2.45, 2.75) is 31.7 Å². The maximum atomic E-state index is 11.8. The van der Waals surface area contributed by atoms with Crippen LogP contribution in [0.3, 0.4) is 0 Å². The molecule has 0 aliphatic heterocycles. The summed E-state index contributed by atoms with van der Waals surface area (Å²) in [7, 11) is 1.25. The number of halogens is 1. The lowest BCUT2D eigenvalue weighted by Crippen LogP contribution is -2.38. The third-order valence-corrected chi connectivity index (χ3v) is 3.49. The van der Waals surface area contributed by atoms with Gasteiger partial charge < -0.3 is 15.2 Å². The van der Waals surface area contributed by atoms with Crippen molar-refractivity contribution in [2.24, 2.45) is 0 Å². The first kappa shape index (κ1) is 18.2. The lowest BCUT2D eigenvalue weighted by atomic mass is 10.0. The molecule has 0 radical (unpaired) electrons. The smallest absolute Gasteiger partial charge is 0.306 e. The molecule has 0 fully saturated rings. The molecule has 1 rings (SSSR count). The van der Waals surface area contributed by atoms with Crippen molar-refractivity contribution in [1.29, 1.82) is 0 Å². The molecule has 1 amide bonds. The van der Waals surface area contributed by atoms with Crippen molar-refractivity contribution >= 4 is 33.8 Å². The number of carboxylic acids is 1. The molecule has 22 heavy (non-hydrogen) atoms. The SMILES string of the molecule is COC(=O)CCC(=O)N[C@@H](CC(=O)O)Cc1ccc(Br)cc1. The zero-order valence-electron chi connectivity index (χ0n) is 12.2. The molecule has 0 aliphatic rings. The van der Waals surface area contributed by atoms with Gasteiger partial charge in [0.15, 0.2) is 0 Å². The Morgan fingerprint density at radius 3 is 2.41 bits per heavy atom. The third-order valence-electron chi connectivity index (χ3n) is 2.97. The number of hydrogen-bond acceptors (Lipinski definition) is 4. The van der Waals surface area contributed by atoms with Crippen molar-refractivity contribution in [3.63, 3.8) is 0 Å². The summed E-state index contributed by atoms with van der Waals surface area (Å²) >= 11 is 3.33. The number of esters is 1. The van der Waals surface area contributed by atoms with E-state index < -0.39 is 18.0 Å². The number of hydrogen-bond donors (Lipinski definition) is 2. The van der Waals surface area contributed by atoms with E-state index in [0.717, 1.165) is 10.0 Å². The van der Waals surface area contributed by atoms with Gasteiger partial charge in [0, 0.05) is 16.9 Å². The molecule has 0 heterocycles. The third kappa shape index (κ3) is 7.21. The molecule has 1 atom stereocenters. The van der Waals surface area contributed by atoms with Crippen molar-refractivity contribution in [1.82, 2.24) is 5.32 Å². The van der Waals surface area contributed by atoms with Gasteiger partial charge in [0.05, 0.1) is 20.0 Å². The maximum Gasteiger partial charge on any atom is 0.306 e. The number of aliphatic carboxylic acids is 1. The average molecular weight is 372 g/mol. The molecular weight excluding hydrogens is 354 g/mol. The molecule has 6 nitrogen and oxygen atoms in total. The average Bonchev–Trinajstić information content (AvgIpc) is 2.46. The van der Waals surface area contributed by atoms with Crippen LogP contribution in [0, 0.1) is 0 Å². The Kier molecular flexibility index (Phi) is 7.59. The summed E-state index contributed by atoms with van der Waals surface area (Å²) in [5.41, 5.74) is 0.919. The van der Waals surface area contributed by atoms with Crippen LogP contribution in [-0.4, -0.2) is 36.1 Å². The maximum absolute atomic E-state index is 11.8. The highest BCUT2D eigenvalue weighted by molar-refractivity contribution is 9.10. The summed E-state index contributed by atoms with van der Waals surface area (Å²) in [6.45, 7) is 0. The summed E-state index contributed by atoms with van der Waals surface area (Å²) in [6.07, 6.45) is 0.174. The normalized spacial score (nSPS) is 11.5. The molecule has 0 saturated heterocycles. The van der Waals surface area contributed by atoms with E-state index in [0.29, 0.717) is 6.42 Å². The second-order valence-electron chi connectivity index (χ2n) is 4.77. The quantitative estimate of drug-likeness (QED) is 0.680. The predicted molar refractivity (Wildman–Crippen MR) is 83.3 cm³/mol. The van der Waals surface area contributed by atoms with Crippen LogP contribution < -0.4 is 5.32 Å². The highest BCUT2D eigenvalue weighted by Gasteiger charge is 2.17. The molecule has 2 N–H and O–H groups in total. The Balaban J connectivity index is 2.60. The number of carbonyl (C=O) groups excluding carboxylic acids is 2. The van der Waals surface area contributed by atoms with E-state index in [4.69, 9.17) is 5.11 Å². The van der Waals surface area contributed by atoms with E-state index in [1.807, 2.05) is 24.3 Å². The Labute approximate surface area is 137 Å². The van der Waals surface area contributed by atoms with Crippen LogP contribution in [0.1, 0.15) is 24.8 Å². The molecule has 0 saturated carbocycles. The lowest BCUT2D eigenvalue weighted by Gasteiger charge is -2.17. The molecular formula is C15H18BrNO5. The van der Waals surface area contributed by atoms with Gasteiger partial charge in [-0.2, -0.15) is 0 Å². The van der Waals surface area contributed by atoms with Gasteiger partial charge in [-0.1, -0.05) is 28.1 Å². The van der Waals surface area contributed by atoms with E-state index in [2.05, 4.69) is 26.0 Å². The van der Waals surface area contributed by atoms with Gasteiger partial charge in [0.1, 0.15) is 0 Å². The standard InChI is InChI=1S/C15H18BrNO5/c1-22-15(21)7-6-13(18)17-12(9-14(19)20)8-10-2-4-11(16)5-3-10/h2-5,12H,6-9H2,1H3,(H,17,18)(H,19,20)/t12-/m1/s1. The zero-order chi connectivity index (χ0) is 16.5. The van der Waals surface area contributed by atoms with E-state index in [-0.39, 0.29) is 25.2 Å². The summed E-state index contributed by atoms with van der Waals surface area (Å²) in [5.74, 6) is -1.83. The number of rotatable bonds is 8. The van der Waals surface area contributed by atoms with Gasteiger partial charge >= 0.3 is 11.9 Å². The number of methoxy groups -OCH3 is 1. The van der Waals surface area contributed by atoms with Crippen LogP contribution in [0.5, 0.6) is 0 Å². The van der Waals surface area contributed by atoms with Crippen LogP contribution in [-0.2, 0) is 25.5 Å². The summed E-state index contributed by atoms with van der Waals surface area (Å²) in [4.78, 5) is 33.7. The van der Waals surface area contributed by atoms with E-state index >= 15 is 0 Å². The van der Waals surface area contributed by atoms with Crippen LogP contribution >= 0.6 is 15.9 Å². The van der Waals surface area contributed by atoms with Gasteiger partial charge in [0.2, 0.25) is 5.91 Å². The van der Waals surface area contributed by atoms with Crippen molar-refractivity contribution < 1.29 is 24.2 Å². The minimum atomic E-state index is -0.990. The first-order valence-corrected chi connectivity index (χ1v) is 7.52. The highest BCUT2D eigenvalue weighted by atomic mass is 79.9. The van der Waals surface area contributed by atoms with Gasteiger partial charge in [-0.05, 0) is 24.1 Å². The van der Waals surface area contributed by atoms with Crippen LogP contribution in [0.25, 0.3) is 0 Å². The second-order valence-corrected chi connectivity index (χ2v) is 5.68. The number of nitrogens with one attached hydrogen (secondary N) is 1. The topological polar surface area (TPSA) is 92.7 Å². The van der Waals surface area contributed by atoms with Gasteiger partial charge in [-0.3, -0.25) is 14.4 Å². The molecule has 0 spiro atoms. The first-order chi connectivity index (χ1) is 10.4. The summed E-state index contributed by atoms with van der Waals surface area (Å²) in [5, 5.41) is 11.6.